The van der Waals surface area contributed by atoms with E-state index in [1.54, 1.807) is 37.3 Å². The summed E-state index contributed by atoms with van der Waals surface area (Å²) in [5, 5.41) is 4.01. The monoisotopic (exact) mass is 412 g/mol. The van der Waals surface area contributed by atoms with Gasteiger partial charge in [-0.1, -0.05) is 61.2 Å². The third-order valence-corrected chi connectivity index (χ3v) is 5.03. The Morgan fingerprint density at radius 3 is 2.52 bits per heavy atom. The molecule has 0 aromatic heterocycles. The molecule has 6 heteroatoms. The minimum absolute atomic E-state index is 0.150. The van der Waals surface area contributed by atoms with Crippen molar-refractivity contribution in [2.24, 2.45) is 0 Å². The van der Waals surface area contributed by atoms with Gasteiger partial charge in [0.2, 0.25) is 0 Å². The second-order valence-electron chi connectivity index (χ2n) is 7.04. The van der Waals surface area contributed by atoms with Crippen LogP contribution in [-0.4, -0.2) is 24.5 Å². The molecule has 0 bridgehead atoms. The highest BCUT2D eigenvalue weighted by molar-refractivity contribution is 6.39. The molecule has 31 heavy (non-hydrogen) atoms. The number of imide groups is 2. The number of carbonyl (C=O) groups excluding carboxylic acids is 3. The third-order valence-electron chi connectivity index (χ3n) is 5.03. The molecule has 1 heterocycles. The number of aryl methyl sites for hydroxylation is 1. The van der Waals surface area contributed by atoms with E-state index in [9.17, 15) is 14.4 Å². The van der Waals surface area contributed by atoms with Crippen LogP contribution in [0.4, 0.5) is 10.5 Å². The number of urea groups is 1. The Kier molecular flexibility index (Phi) is 5.37. The molecular weight excluding hydrogens is 392 g/mol. The first kappa shape index (κ1) is 20.1. The highest BCUT2D eigenvalue weighted by Gasteiger charge is 2.37. The quantitative estimate of drug-likeness (QED) is 0.383. The molecule has 0 spiro atoms. The van der Waals surface area contributed by atoms with Gasteiger partial charge in [-0.05, 0) is 41.5 Å². The van der Waals surface area contributed by atoms with E-state index >= 15 is 0 Å². The zero-order chi connectivity index (χ0) is 22.0. The Labute approximate surface area is 179 Å². The minimum atomic E-state index is -0.775. The minimum Gasteiger partial charge on any atom is -0.489 e. The molecule has 1 aliphatic heterocycles. The molecule has 1 saturated heterocycles. The van der Waals surface area contributed by atoms with Crippen LogP contribution in [0.25, 0.3) is 16.8 Å². The van der Waals surface area contributed by atoms with Gasteiger partial charge in [-0.3, -0.25) is 14.9 Å². The van der Waals surface area contributed by atoms with E-state index in [0.29, 0.717) is 17.0 Å². The molecule has 6 nitrogen and oxygen atoms in total. The van der Waals surface area contributed by atoms with Crippen LogP contribution in [0, 0.1) is 6.92 Å². The summed E-state index contributed by atoms with van der Waals surface area (Å²) >= 11 is 0. The number of nitrogens with one attached hydrogen (secondary N) is 1. The predicted octanol–water partition coefficient (Wildman–Crippen LogP) is 4.38. The van der Waals surface area contributed by atoms with Gasteiger partial charge < -0.3 is 4.74 Å². The van der Waals surface area contributed by atoms with Crippen LogP contribution in [0.5, 0.6) is 5.75 Å². The average molecular weight is 412 g/mol. The number of rotatable bonds is 5. The highest BCUT2D eigenvalue weighted by atomic mass is 16.5. The van der Waals surface area contributed by atoms with Gasteiger partial charge >= 0.3 is 6.03 Å². The molecule has 3 aromatic carbocycles. The van der Waals surface area contributed by atoms with Crippen molar-refractivity contribution in [1.29, 1.82) is 0 Å². The van der Waals surface area contributed by atoms with Crippen molar-refractivity contribution in [3.05, 3.63) is 90.0 Å². The van der Waals surface area contributed by atoms with Crippen LogP contribution in [0.3, 0.4) is 0 Å². The second-order valence-corrected chi connectivity index (χ2v) is 7.04. The number of anilines is 1. The average Bonchev–Trinajstić information content (AvgIpc) is 2.76. The zero-order valence-electron chi connectivity index (χ0n) is 16.9. The molecule has 1 fully saturated rings. The number of nitrogens with zero attached hydrogens (tertiary/aromatic N) is 1. The molecule has 1 N–H and O–H groups in total. The first-order valence-corrected chi connectivity index (χ1v) is 9.74. The Hall–Kier alpha value is -4.19. The molecule has 154 valence electrons. The summed E-state index contributed by atoms with van der Waals surface area (Å²) < 4.78 is 5.77. The van der Waals surface area contributed by atoms with Crippen molar-refractivity contribution >= 4 is 40.4 Å². The lowest BCUT2D eigenvalue weighted by Crippen LogP contribution is -2.54. The summed E-state index contributed by atoms with van der Waals surface area (Å²) in [7, 11) is 0. The number of fused-ring (bicyclic) bond motifs is 1. The van der Waals surface area contributed by atoms with Crippen LogP contribution in [0.15, 0.2) is 78.9 Å². The van der Waals surface area contributed by atoms with Gasteiger partial charge in [0.05, 0.1) is 5.69 Å². The highest BCUT2D eigenvalue weighted by Crippen LogP contribution is 2.32. The van der Waals surface area contributed by atoms with E-state index in [0.717, 1.165) is 21.2 Å². The Bertz CT molecular complexity index is 1260. The first-order valence-electron chi connectivity index (χ1n) is 9.74. The fraction of sp³-hybridized carbons (Fsp3) is 0.0800. The lowest BCUT2D eigenvalue weighted by Gasteiger charge is -2.27. The van der Waals surface area contributed by atoms with Gasteiger partial charge in [0, 0.05) is 5.56 Å². The largest absolute Gasteiger partial charge is 0.489 e. The maximum atomic E-state index is 13.3. The summed E-state index contributed by atoms with van der Waals surface area (Å²) in [6.45, 7) is 5.72. The van der Waals surface area contributed by atoms with Gasteiger partial charge in [0.15, 0.2) is 0 Å². The smallest absolute Gasteiger partial charge is 0.335 e. The van der Waals surface area contributed by atoms with Crippen LogP contribution in [0.1, 0.15) is 11.1 Å². The fourth-order valence-electron chi connectivity index (χ4n) is 3.53. The van der Waals surface area contributed by atoms with Gasteiger partial charge in [0.25, 0.3) is 11.8 Å². The van der Waals surface area contributed by atoms with Gasteiger partial charge in [0.1, 0.15) is 17.9 Å². The maximum absolute atomic E-state index is 13.3. The molecule has 3 aromatic rings. The number of ether oxygens (including phenoxy) is 1. The Morgan fingerprint density at radius 1 is 1.00 bits per heavy atom. The number of hydrogen-bond donors (Lipinski definition) is 1. The fourth-order valence-corrected chi connectivity index (χ4v) is 3.53. The molecule has 0 radical (unpaired) electrons. The molecule has 0 atom stereocenters. The van der Waals surface area contributed by atoms with Crippen molar-refractivity contribution in [2.75, 3.05) is 11.5 Å². The topological polar surface area (TPSA) is 75.7 Å². The summed E-state index contributed by atoms with van der Waals surface area (Å²) in [6, 6.07) is 17.5. The van der Waals surface area contributed by atoms with Gasteiger partial charge in [-0.25, -0.2) is 9.69 Å². The third kappa shape index (κ3) is 3.71. The van der Waals surface area contributed by atoms with Crippen molar-refractivity contribution < 1.29 is 19.1 Å². The molecular formula is C25H20N2O4. The molecule has 0 unspecified atom stereocenters. The zero-order valence-corrected chi connectivity index (χ0v) is 16.9. The van der Waals surface area contributed by atoms with Crippen LogP contribution < -0.4 is 15.0 Å². The molecule has 0 saturated carbocycles. The van der Waals surface area contributed by atoms with E-state index in [1.165, 1.54) is 6.08 Å². The number of para-hydroxylation sites is 1. The van der Waals surface area contributed by atoms with Crippen LogP contribution >= 0.6 is 0 Å². The number of barbiturate groups is 1. The van der Waals surface area contributed by atoms with E-state index in [2.05, 4.69) is 11.9 Å². The lowest BCUT2D eigenvalue weighted by molar-refractivity contribution is -0.122. The predicted molar refractivity (Wildman–Crippen MR) is 120 cm³/mol. The second kappa shape index (κ2) is 8.28. The lowest BCUT2D eigenvalue weighted by atomic mass is 9.99. The van der Waals surface area contributed by atoms with Crippen LogP contribution in [-0.2, 0) is 9.59 Å². The number of hydrogen-bond acceptors (Lipinski definition) is 4. The van der Waals surface area contributed by atoms with Crippen molar-refractivity contribution in [1.82, 2.24) is 5.32 Å². The standard InChI is InChI=1S/C25H20N2O4/c1-3-14-31-22-13-12-17-9-5-6-10-18(17)19(22)15-20-23(28)26-25(30)27(24(20)29)21-11-7-4-8-16(21)2/h3-13,15H,1,14H2,2H3,(H,26,28,30)/b20-15+. The van der Waals surface area contributed by atoms with Crippen molar-refractivity contribution in [3.63, 3.8) is 0 Å². The van der Waals surface area contributed by atoms with Gasteiger partial charge in [-0.15, -0.1) is 0 Å². The number of amides is 4. The van der Waals surface area contributed by atoms with E-state index < -0.39 is 17.8 Å². The number of benzene rings is 3. The summed E-state index contributed by atoms with van der Waals surface area (Å²) in [5.74, 6) is -0.931. The maximum Gasteiger partial charge on any atom is 0.335 e. The van der Waals surface area contributed by atoms with Crippen molar-refractivity contribution in [2.45, 2.75) is 6.92 Å². The van der Waals surface area contributed by atoms with Gasteiger partial charge in [-0.2, -0.15) is 0 Å². The summed E-state index contributed by atoms with van der Waals surface area (Å²) in [4.78, 5) is 39.4. The van der Waals surface area contributed by atoms with E-state index in [1.807, 2.05) is 36.4 Å². The SMILES string of the molecule is C=CCOc1ccc2ccccc2c1/C=C1\C(=O)NC(=O)N(c2ccccc2C)C1=O. The summed E-state index contributed by atoms with van der Waals surface area (Å²) in [5.41, 5.74) is 1.59. The van der Waals surface area contributed by atoms with Crippen LogP contribution in [0.2, 0.25) is 0 Å². The van der Waals surface area contributed by atoms with Crippen molar-refractivity contribution in [3.8, 4) is 5.75 Å². The number of carbonyl (C=O) groups is 3. The molecule has 1 aliphatic rings. The Morgan fingerprint density at radius 2 is 1.74 bits per heavy atom. The molecule has 4 amide bonds. The van der Waals surface area contributed by atoms with E-state index in [4.69, 9.17) is 4.74 Å². The summed E-state index contributed by atoms with van der Waals surface area (Å²) in [6.07, 6.45) is 3.10. The molecule has 4 rings (SSSR count). The Balaban J connectivity index is 1.87. The van der Waals surface area contributed by atoms with E-state index in [-0.39, 0.29) is 12.2 Å². The molecule has 0 aliphatic carbocycles. The first-order chi connectivity index (χ1) is 15.0. The normalized spacial score (nSPS) is 15.3.